The summed E-state index contributed by atoms with van der Waals surface area (Å²) in [6, 6.07) is 5.79. The third kappa shape index (κ3) is 21.5. The van der Waals surface area contributed by atoms with E-state index in [1.165, 1.54) is 0 Å². The molecule has 0 aliphatic heterocycles. The van der Waals surface area contributed by atoms with Crippen LogP contribution in [0.3, 0.4) is 0 Å². The van der Waals surface area contributed by atoms with Crippen LogP contribution in [0.5, 0.6) is 11.5 Å². The van der Waals surface area contributed by atoms with Gasteiger partial charge in [0.1, 0.15) is 37.3 Å². The second-order valence-corrected chi connectivity index (χ2v) is 8.61. The van der Waals surface area contributed by atoms with E-state index in [4.69, 9.17) is 47.4 Å². The van der Waals surface area contributed by atoms with Gasteiger partial charge in [0, 0.05) is 31.3 Å². The van der Waals surface area contributed by atoms with E-state index in [1.807, 2.05) is 18.2 Å². The molecule has 0 aliphatic rings. The van der Waals surface area contributed by atoms with E-state index in [-0.39, 0.29) is 13.2 Å². The maximum atomic E-state index is 10.2. The van der Waals surface area contributed by atoms with E-state index < -0.39 is 0 Å². The van der Waals surface area contributed by atoms with Crippen molar-refractivity contribution in [1.82, 2.24) is 4.90 Å². The van der Waals surface area contributed by atoms with Crippen molar-refractivity contribution < 1.29 is 57.0 Å². The molecule has 13 heteroatoms. The fourth-order valence-electron chi connectivity index (χ4n) is 3.46. The number of benzene rings is 1. The number of carbonyl (C=O) groups is 2. The van der Waals surface area contributed by atoms with Crippen LogP contribution in [0.15, 0.2) is 18.2 Å². The van der Waals surface area contributed by atoms with E-state index in [9.17, 15) is 9.59 Å². The highest BCUT2D eigenvalue weighted by Gasteiger charge is 2.11. The summed E-state index contributed by atoms with van der Waals surface area (Å²) >= 11 is 0. The molecule has 0 radical (unpaired) electrons. The number of carbonyl (C=O) groups excluding carboxylic acids is 2. The standard InChI is InChI=1S/C29H49NO12/c1-33-28-4-3-27(29(25-28)34-2)26-30(5-9-35-13-17-39-21-23-41-19-15-37-11-7-31)6-10-36-14-18-40-22-24-42-20-16-38-12-8-32/h3-4,7-8,25H,5-6,9-24,26H2,1-2H3. The van der Waals surface area contributed by atoms with Gasteiger partial charge in [-0.05, 0) is 6.07 Å². The smallest absolute Gasteiger partial charge is 0.145 e. The van der Waals surface area contributed by atoms with Crippen molar-refractivity contribution in [3.63, 3.8) is 0 Å². The van der Waals surface area contributed by atoms with E-state index in [0.717, 1.165) is 17.1 Å². The molecule has 0 atom stereocenters. The monoisotopic (exact) mass is 603 g/mol. The van der Waals surface area contributed by atoms with Crippen molar-refractivity contribution in [2.75, 3.05) is 133 Å². The quantitative estimate of drug-likeness (QED) is 0.0860. The average Bonchev–Trinajstić information content (AvgIpc) is 3.01. The molecular formula is C29H49NO12. The zero-order valence-corrected chi connectivity index (χ0v) is 25.2. The predicted molar refractivity (Wildman–Crippen MR) is 154 cm³/mol. The summed E-state index contributed by atoms with van der Waals surface area (Å²) in [5, 5.41) is 0. The largest absolute Gasteiger partial charge is 0.497 e. The third-order valence-corrected chi connectivity index (χ3v) is 5.60. The van der Waals surface area contributed by atoms with Gasteiger partial charge in [-0.2, -0.15) is 0 Å². The zero-order valence-electron chi connectivity index (χ0n) is 25.2. The van der Waals surface area contributed by atoms with Crippen LogP contribution in [0, 0.1) is 0 Å². The Labute approximate surface area is 249 Å². The summed E-state index contributed by atoms with van der Waals surface area (Å²) in [4.78, 5) is 22.6. The Morgan fingerprint density at radius 2 is 0.952 bits per heavy atom. The van der Waals surface area contributed by atoms with Crippen LogP contribution in [0.4, 0.5) is 0 Å². The average molecular weight is 604 g/mol. The summed E-state index contributed by atoms with van der Waals surface area (Å²) in [7, 11) is 3.27. The minimum atomic E-state index is 0.0875. The Hall–Kier alpha value is -2.20. The van der Waals surface area contributed by atoms with Crippen molar-refractivity contribution >= 4 is 12.6 Å². The molecule has 1 aromatic carbocycles. The highest BCUT2D eigenvalue weighted by atomic mass is 16.6. The maximum absolute atomic E-state index is 10.2. The van der Waals surface area contributed by atoms with Crippen LogP contribution in [0.25, 0.3) is 0 Å². The number of methoxy groups -OCH3 is 2. The summed E-state index contributed by atoms with van der Waals surface area (Å²) in [6.45, 7) is 8.68. The van der Waals surface area contributed by atoms with E-state index in [1.54, 1.807) is 14.2 Å². The fourth-order valence-corrected chi connectivity index (χ4v) is 3.46. The molecule has 0 spiro atoms. The second-order valence-electron chi connectivity index (χ2n) is 8.61. The SMILES string of the molecule is COc1ccc(CN(CCOCCOCCOCCOCC=O)CCOCCOCCOCCOCC=O)c(OC)c1. The first-order valence-corrected chi connectivity index (χ1v) is 14.2. The Bertz CT molecular complexity index is 736. The summed E-state index contributed by atoms with van der Waals surface area (Å²) in [5.74, 6) is 1.50. The van der Waals surface area contributed by atoms with Crippen LogP contribution in [0.2, 0.25) is 0 Å². The number of ether oxygens (including phenoxy) is 10. The van der Waals surface area contributed by atoms with Crippen LogP contribution >= 0.6 is 0 Å². The van der Waals surface area contributed by atoms with Crippen LogP contribution in [0.1, 0.15) is 5.56 Å². The van der Waals surface area contributed by atoms with Gasteiger partial charge in [0.2, 0.25) is 0 Å². The maximum Gasteiger partial charge on any atom is 0.145 e. The third-order valence-electron chi connectivity index (χ3n) is 5.60. The Morgan fingerprint density at radius 1 is 0.548 bits per heavy atom. The Morgan fingerprint density at radius 3 is 1.33 bits per heavy atom. The van der Waals surface area contributed by atoms with E-state index in [2.05, 4.69) is 4.90 Å². The molecule has 0 fully saturated rings. The van der Waals surface area contributed by atoms with Crippen molar-refractivity contribution in [1.29, 1.82) is 0 Å². The van der Waals surface area contributed by atoms with Gasteiger partial charge >= 0.3 is 0 Å². The first kappa shape index (κ1) is 37.8. The molecule has 0 aliphatic carbocycles. The zero-order chi connectivity index (χ0) is 30.4. The highest BCUT2D eigenvalue weighted by molar-refractivity contribution is 5.50. The molecule has 0 bridgehead atoms. The number of hydrogen-bond acceptors (Lipinski definition) is 13. The van der Waals surface area contributed by atoms with Crippen molar-refractivity contribution in [2.45, 2.75) is 6.54 Å². The molecule has 13 nitrogen and oxygen atoms in total. The van der Waals surface area contributed by atoms with Crippen molar-refractivity contribution in [2.24, 2.45) is 0 Å². The molecular weight excluding hydrogens is 554 g/mol. The van der Waals surface area contributed by atoms with Crippen LogP contribution < -0.4 is 9.47 Å². The minimum absolute atomic E-state index is 0.0875. The lowest BCUT2D eigenvalue weighted by Crippen LogP contribution is -2.31. The van der Waals surface area contributed by atoms with Gasteiger partial charge in [-0.3, -0.25) is 4.90 Å². The number of aldehydes is 2. The van der Waals surface area contributed by atoms with Crippen molar-refractivity contribution in [3.8, 4) is 11.5 Å². The van der Waals surface area contributed by atoms with Gasteiger partial charge in [-0.25, -0.2) is 0 Å². The number of nitrogens with zero attached hydrogens (tertiary/aromatic N) is 1. The first-order chi connectivity index (χ1) is 20.7. The first-order valence-electron chi connectivity index (χ1n) is 14.2. The molecule has 242 valence electrons. The van der Waals surface area contributed by atoms with Gasteiger partial charge in [0.15, 0.2) is 0 Å². The summed E-state index contributed by atoms with van der Waals surface area (Å²) in [6.07, 6.45) is 1.42. The Balaban J connectivity index is 2.27. The van der Waals surface area contributed by atoms with Gasteiger partial charge < -0.3 is 57.0 Å². The van der Waals surface area contributed by atoms with Gasteiger partial charge in [-0.1, -0.05) is 6.07 Å². The molecule has 0 amide bonds. The van der Waals surface area contributed by atoms with Crippen LogP contribution in [-0.2, 0) is 54.0 Å². The molecule has 1 rings (SSSR count). The second kappa shape index (κ2) is 28.9. The Kier molecular flexibility index (Phi) is 26.0. The predicted octanol–water partition coefficient (Wildman–Crippen LogP) is 1.04. The molecule has 0 saturated heterocycles. The topological polar surface area (TPSA) is 130 Å². The van der Waals surface area contributed by atoms with Gasteiger partial charge in [-0.15, -0.1) is 0 Å². The molecule has 0 heterocycles. The lowest BCUT2D eigenvalue weighted by molar-refractivity contribution is -0.113. The molecule has 42 heavy (non-hydrogen) atoms. The molecule has 0 saturated carbocycles. The lowest BCUT2D eigenvalue weighted by Gasteiger charge is -2.23. The molecule has 0 unspecified atom stereocenters. The molecule has 0 N–H and O–H groups in total. The number of rotatable bonds is 32. The normalized spacial score (nSPS) is 11.2. The summed E-state index contributed by atoms with van der Waals surface area (Å²) < 4.78 is 54.2. The van der Waals surface area contributed by atoms with Gasteiger partial charge in [0.25, 0.3) is 0 Å². The minimum Gasteiger partial charge on any atom is -0.497 e. The molecule has 0 aromatic heterocycles. The lowest BCUT2D eigenvalue weighted by atomic mass is 10.1. The van der Waals surface area contributed by atoms with Gasteiger partial charge in [0.05, 0.1) is 107 Å². The molecule has 1 aromatic rings. The van der Waals surface area contributed by atoms with Crippen LogP contribution in [-0.4, -0.2) is 150 Å². The number of hydrogen-bond donors (Lipinski definition) is 0. The van der Waals surface area contributed by atoms with E-state index >= 15 is 0 Å². The van der Waals surface area contributed by atoms with Crippen molar-refractivity contribution in [3.05, 3.63) is 23.8 Å². The summed E-state index contributed by atoms with van der Waals surface area (Å²) in [5.41, 5.74) is 1.04. The highest BCUT2D eigenvalue weighted by Crippen LogP contribution is 2.25. The fraction of sp³-hybridized carbons (Fsp3) is 0.724. The van der Waals surface area contributed by atoms with E-state index in [0.29, 0.717) is 125 Å².